The van der Waals surface area contributed by atoms with E-state index in [4.69, 9.17) is 9.84 Å². The van der Waals surface area contributed by atoms with Crippen LogP contribution in [0.1, 0.15) is 38.4 Å². The predicted octanol–water partition coefficient (Wildman–Crippen LogP) is 5.41. The highest BCUT2D eigenvalue weighted by Crippen LogP contribution is 2.27. The first-order chi connectivity index (χ1) is 15.1. The van der Waals surface area contributed by atoms with Crippen LogP contribution < -0.4 is 15.4 Å². The van der Waals surface area contributed by atoms with E-state index in [0.29, 0.717) is 19.0 Å². The van der Waals surface area contributed by atoms with Gasteiger partial charge in [-0.05, 0) is 69.9 Å². The molecule has 9 heteroatoms. The highest BCUT2D eigenvalue weighted by molar-refractivity contribution is 7.13. The summed E-state index contributed by atoms with van der Waals surface area (Å²) in [4.78, 5) is 24.2. The molecule has 0 bridgehead atoms. The molecule has 2 aromatic heterocycles. The third-order valence-corrected chi connectivity index (χ3v) is 5.67. The monoisotopic (exact) mass is 455 g/mol. The number of aryl methyl sites for hydroxylation is 2. The van der Waals surface area contributed by atoms with Crippen molar-refractivity contribution in [1.29, 1.82) is 0 Å². The summed E-state index contributed by atoms with van der Waals surface area (Å²) in [6, 6.07) is 7.82. The zero-order valence-electron chi connectivity index (χ0n) is 19.0. The smallest absolute Gasteiger partial charge is 0.405 e. The number of nitrogens with one attached hydrogen (secondary N) is 2. The maximum atomic E-state index is 10.9. The molecule has 3 N–H and O–H groups in total. The molecule has 3 rings (SSSR count). The molecule has 0 saturated heterocycles. The van der Waals surface area contributed by atoms with E-state index in [1.54, 1.807) is 6.20 Å². The van der Waals surface area contributed by atoms with E-state index < -0.39 is 11.6 Å². The quantitative estimate of drug-likeness (QED) is 0.396. The van der Waals surface area contributed by atoms with Crippen molar-refractivity contribution >= 4 is 28.5 Å². The summed E-state index contributed by atoms with van der Waals surface area (Å²) in [5.74, 6) is 1.48. The number of carboxylic acid groups (broad SMARTS) is 1. The van der Waals surface area contributed by atoms with Crippen molar-refractivity contribution in [2.45, 2.75) is 46.6 Å². The fraction of sp³-hybridized carbons (Fsp3) is 0.391. The first-order valence-electron chi connectivity index (χ1n) is 10.4. The molecule has 0 saturated carbocycles. The second-order valence-electron chi connectivity index (χ2n) is 8.60. The van der Waals surface area contributed by atoms with Crippen LogP contribution in [0, 0.1) is 19.8 Å². The summed E-state index contributed by atoms with van der Waals surface area (Å²) in [6.45, 7) is 10.2. The van der Waals surface area contributed by atoms with Crippen molar-refractivity contribution in [1.82, 2.24) is 20.3 Å². The number of nitrogens with zero attached hydrogens (tertiary/aromatic N) is 3. The molecular weight excluding hydrogens is 426 g/mol. The molecule has 32 heavy (non-hydrogen) atoms. The molecule has 1 amide bonds. The number of ether oxygens (including phenoxy) is 1. The van der Waals surface area contributed by atoms with E-state index in [2.05, 4.69) is 25.6 Å². The van der Waals surface area contributed by atoms with Gasteiger partial charge in [0.2, 0.25) is 5.95 Å². The van der Waals surface area contributed by atoms with Crippen molar-refractivity contribution in [3.8, 4) is 17.0 Å². The van der Waals surface area contributed by atoms with Gasteiger partial charge in [0.25, 0.3) is 0 Å². The molecular formula is C23H29N5O3S. The van der Waals surface area contributed by atoms with Crippen molar-refractivity contribution in [3.05, 3.63) is 47.1 Å². The minimum absolute atomic E-state index is 0.181. The molecule has 0 aliphatic heterocycles. The number of rotatable bonds is 9. The van der Waals surface area contributed by atoms with E-state index in [1.165, 1.54) is 11.3 Å². The lowest BCUT2D eigenvalue weighted by molar-refractivity contribution is 0.169. The number of carbonyl (C=O) groups is 1. The highest BCUT2D eigenvalue weighted by atomic mass is 32.1. The Labute approximate surface area is 192 Å². The van der Waals surface area contributed by atoms with Gasteiger partial charge in [-0.1, -0.05) is 6.92 Å². The number of hydrogen-bond donors (Lipinski definition) is 3. The van der Waals surface area contributed by atoms with Gasteiger partial charge >= 0.3 is 6.09 Å². The van der Waals surface area contributed by atoms with Gasteiger partial charge in [0.05, 0.1) is 18.0 Å². The Kier molecular flexibility index (Phi) is 7.29. The summed E-state index contributed by atoms with van der Waals surface area (Å²) in [5.41, 5.74) is 3.22. The van der Waals surface area contributed by atoms with Gasteiger partial charge in [-0.2, -0.15) is 0 Å². The topological polar surface area (TPSA) is 109 Å². The molecule has 0 aliphatic rings. The first-order valence-corrected chi connectivity index (χ1v) is 11.3. The van der Waals surface area contributed by atoms with Crippen molar-refractivity contribution in [3.63, 3.8) is 0 Å². The number of benzene rings is 1. The molecule has 1 aromatic carbocycles. The fourth-order valence-corrected chi connectivity index (χ4v) is 4.24. The maximum Gasteiger partial charge on any atom is 0.405 e. The lowest BCUT2D eigenvalue weighted by Crippen LogP contribution is -2.44. The van der Waals surface area contributed by atoms with Crippen molar-refractivity contribution < 1.29 is 14.6 Å². The van der Waals surface area contributed by atoms with E-state index in [9.17, 15) is 4.79 Å². The van der Waals surface area contributed by atoms with Crippen LogP contribution in [0.15, 0.2) is 35.8 Å². The van der Waals surface area contributed by atoms with Crippen LogP contribution in [0.25, 0.3) is 11.3 Å². The van der Waals surface area contributed by atoms with Gasteiger partial charge in [-0.15, -0.1) is 11.3 Å². The third kappa shape index (κ3) is 6.65. The minimum atomic E-state index is -1.01. The Bertz CT molecular complexity index is 1080. The predicted molar refractivity (Wildman–Crippen MR) is 127 cm³/mol. The molecule has 0 spiro atoms. The summed E-state index contributed by atoms with van der Waals surface area (Å²) >= 11 is 1.51. The summed E-state index contributed by atoms with van der Waals surface area (Å²) in [7, 11) is 0. The van der Waals surface area contributed by atoms with Crippen LogP contribution >= 0.6 is 11.3 Å². The van der Waals surface area contributed by atoms with Crippen LogP contribution in [0.5, 0.6) is 5.75 Å². The number of thiazole rings is 1. The minimum Gasteiger partial charge on any atom is -0.493 e. The van der Waals surface area contributed by atoms with Gasteiger partial charge in [-0.3, -0.25) is 0 Å². The van der Waals surface area contributed by atoms with E-state index in [1.807, 2.05) is 64.3 Å². The van der Waals surface area contributed by atoms with Crippen molar-refractivity contribution in [2.75, 3.05) is 11.9 Å². The van der Waals surface area contributed by atoms with Crippen molar-refractivity contribution in [2.24, 2.45) is 5.92 Å². The third-order valence-electron chi connectivity index (χ3n) is 4.79. The van der Waals surface area contributed by atoms with Crippen LogP contribution in [0.3, 0.4) is 0 Å². The van der Waals surface area contributed by atoms with Gasteiger partial charge in [0, 0.05) is 22.7 Å². The zero-order valence-corrected chi connectivity index (χ0v) is 19.8. The molecule has 170 valence electrons. The Morgan fingerprint density at radius 2 is 2.03 bits per heavy atom. The molecule has 3 aromatic rings. The van der Waals surface area contributed by atoms with E-state index >= 15 is 0 Å². The molecule has 0 radical (unpaired) electrons. The SMILES string of the molecule is Cc1csc(Nc2nccc(-c3ccc(OC[C@@H](C)CC(C)(C)NC(=O)O)c(C)c3)n2)n1. The van der Waals surface area contributed by atoms with E-state index in [-0.39, 0.29) is 5.92 Å². The Hall–Kier alpha value is -3.20. The first kappa shape index (κ1) is 23.5. The highest BCUT2D eigenvalue weighted by Gasteiger charge is 2.23. The van der Waals surface area contributed by atoms with Gasteiger partial charge in [0.15, 0.2) is 5.13 Å². The average molecular weight is 456 g/mol. The lowest BCUT2D eigenvalue weighted by Gasteiger charge is -2.28. The van der Waals surface area contributed by atoms with E-state index in [0.717, 1.165) is 33.4 Å². The zero-order chi connectivity index (χ0) is 23.3. The van der Waals surface area contributed by atoms with Crippen LogP contribution in [0.4, 0.5) is 15.9 Å². The van der Waals surface area contributed by atoms with Crippen LogP contribution in [0.2, 0.25) is 0 Å². The van der Waals surface area contributed by atoms with Crippen LogP contribution in [-0.2, 0) is 0 Å². The average Bonchev–Trinajstić information content (AvgIpc) is 3.10. The molecule has 2 heterocycles. The Balaban J connectivity index is 1.64. The van der Waals surface area contributed by atoms with Crippen LogP contribution in [-0.4, -0.2) is 38.3 Å². The number of hydrogen-bond acceptors (Lipinski definition) is 7. The Morgan fingerprint density at radius 1 is 1.25 bits per heavy atom. The second-order valence-corrected chi connectivity index (χ2v) is 9.46. The summed E-state index contributed by atoms with van der Waals surface area (Å²) in [5, 5.41) is 17.4. The maximum absolute atomic E-state index is 10.9. The fourth-order valence-electron chi connectivity index (χ4n) is 3.56. The van der Waals surface area contributed by atoms with Gasteiger partial charge < -0.3 is 20.5 Å². The molecule has 0 unspecified atom stereocenters. The second kappa shape index (κ2) is 9.95. The number of amides is 1. The molecule has 0 aliphatic carbocycles. The number of anilines is 2. The number of aromatic nitrogens is 3. The molecule has 8 nitrogen and oxygen atoms in total. The summed E-state index contributed by atoms with van der Waals surface area (Å²) in [6.07, 6.45) is 1.38. The largest absolute Gasteiger partial charge is 0.493 e. The van der Waals surface area contributed by atoms with Gasteiger partial charge in [-0.25, -0.2) is 19.7 Å². The molecule has 0 fully saturated rings. The standard InChI is InChI=1S/C23H29N5O3S/c1-14(11-23(4,5)28-22(29)30)12-31-19-7-6-17(10-15(19)2)18-8-9-24-20(26-18)27-21-25-16(3)13-32-21/h6-10,13-14,28H,11-12H2,1-5H3,(H,29,30)(H,24,25,26,27)/t14-/m0/s1. The molecule has 1 atom stereocenters. The normalized spacial score (nSPS) is 12.3. The lowest BCUT2D eigenvalue weighted by atomic mass is 9.92. The Morgan fingerprint density at radius 3 is 2.69 bits per heavy atom. The van der Waals surface area contributed by atoms with Gasteiger partial charge in [0.1, 0.15) is 5.75 Å². The summed E-state index contributed by atoms with van der Waals surface area (Å²) < 4.78 is 6.02.